The van der Waals surface area contributed by atoms with Gasteiger partial charge in [-0.2, -0.15) is 0 Å². The van der Waals surface area contributed by atoms with Crippen LogP contribution in [0.2, 0.25) is 0 Å². The quantitative estimate of drug-likeness (QED) is 0.656. The lowest BCUT2D eigenvalue weighted by Crippen LogP contribution is -2.46. The van der Waals surface area contributed by atoms with Gasteiger partial charge in [0.1, 0.15) is 6.10 Å². The summed E-state index contributed by atoms with van der Waals surface area (Å²) in [6.07, 6.45) is 1.51. The molecule has 0 radical (unpaired) electrons. The van der Waals surface area contributed by atoms with E-state index in [2.05, 4.69) is 22.0 Å². The van der Waals surface area contributed by atoms with E-state index in [4.69, 9.17) is 10.5 Å². The Labute approximate surface area is 192 Å². The largest absolute Gasteiger partial charge is 0.368 e. The van der Waals surface area contributed by atoms with Gasteiger partial charge in [0, 0.05) is 37.0 Å². The van der Waals surface area contributed by atoms with Crippen molar-refractivity contribution in [3.8, 4) is 11.1 Å². The van der Waals surface area contributed by atoms with E-state index in [0.717, 1.165) is 29.9 Å². The highest BCUT2D eigenvalue weighted by Gasteiger charge is 2.28. The number of morpholine rings is 1. The molecule has 2 amide bonds. The summed E-state index contributed by atoms with van der Waals surface area (Å²) >= 11 is 0. The van der Waals surface area contributed by atoms with Crippen LogP contribution in [0, 0.1) is 0 Å². The molecule has 0 aliphatic carbocycles. The highest BCUT2D eigenvalue weighted by atomic mass is 16.5. The van der Waals surface area contributed by atoms with Gasteiger partial charge >= 0.3 is 0 Å². The van der Waals surface area contributed by atoms with Crippen LogP contribution < -0.4 is 5.73 Å². The third-order valence-corrected chi connectivity index (χ3v) is 6.28. The molecule has 168 valence electrons. The minimum Gasteiger partial charge on any atom is -0.368 e. The fourth-order valence-electron chi connectivity index (χ4n) is 4.48. The molecule has 1 unspecified atom stereocenters. The van der Waals surface area contributed by atoms with Crippen molar-refractivity contribution in [1.82, 2.24) is 14.8 Å². The zero-order valence-electron chi connectivity index (χ0n) is 18.3. The van der Waals surface area contributed by atoms with Crippen LogP contribution in [0.3, 0.4) is 0 Å². The Morgan fingerprint density at radius 3 is 2.48 bits per heavy atom. The summed E-state index contributed by atoms with van der Waals surface area (Å²) in [5.74, 6) is -0.337. The SMILES string of the molecule is NC(=O)c1cccc(-c2ccc(C3CN(C(=O)CN4Cc5ccccc5C4)CCO3)nc2)c1. The third kappa shape index (κ3) is 4.65. The number of rotatable bonds is 5. The molecular formula is C26H26N4O3. The predicted octanol–water partition coefficient (Wildman–Crippen LogP) is 2.76. The molecule has 3 heterocycles. The number of fused-ring (bicyclic) bond motifs is 1. The molecule has 1 saturated heterocycles. The van der Waals surface area contributed by atoms with Gasteiger partial charge in [0.2, 0.25) is 11.8 Å². The molecule has 2 aliphatic heterocycles. The summed E-state index contributed by atoms with van der Waals surface area (Å²) in [6, 6.07) is 19.4. The zero-order chi connectivity index (χ0) is 22.8. The molecule has 5 rings (SSSR count). The average Bonchev–Trinajstić information content (AvgIpc) is 3.26. The van der Waals surface area contributed by atoms with Crippen molar-refractivity contribution in [3.05, 3.63) is 89.2 Å². The second-order valence-electron chi connectivity index (χ2n) is 8.53. The molecule has 1 aromatic heterocycles. The summed E-state index contributed by atoms with van der Waals surface area (Å²) in [5, 5.41) is 0. The van der Waals surface area contributed by atoms with Crippen molar-refractivity contribution in [2.24, 2.45) is 5.73 Å². The van der Waals surface area contributed by atoms with E-state index in [9.17, 15) is 9.59 Å². The van der Waals surface area contributed by atoms with E-state index < -0.39 is 5.91 Å². The number of pyridine rings is 1. The van der Waals surface area contributed by atoms with Crippen molar-refractivity contribution in [3.63, 3.8) is 0 Å². The maximum atomic E-state index is 13.0. The first-order chi connectivity index (χ1) is 16.1. The number of carbonyl (C=O) groups excluding carboxylic acids is 2. The Balaban J connectivity index is 1.22. The van der Waals surface area contributed by atoms with Crippen LogP contribution in [0.1, 0.15) is 33.3 Å². The first-order valence-electron chi connectivity index (χ1n) is 11.1. The van der Waals surface area contributed by atoms with E-state index in [0.29, 0.717) is 31.8 Å². The number of nitrogens with zero attached hydrogens (tertiary/aromatic N) is 3. The van der Waals surface area contributed by atoms with Gasteiger partial charge in [-0.25, -0.2) is 0 Å². The molecule has 33 heavy (non-hydrogen) atoms. The molecule has 0 saturated carbocycles. The number of hydrogen-bond acceptors (Lipinski definition) is 5. The number of hydrogen-bond donors (Lipinski definition) is 1. The normalized spacial score (nSPS) is 18.2. The molecule has 2 aromatic carbocycles. The lowest BCUT2D eigenvalue weighted by atomic mass is 10.0. The van der Waals surface area contributed by atoms with Crippen LogP contribution in [0.15, 0.2) is 66.9 Å². The number of amides is 2. The van der Waals surface area contributed by atoms with Gasteiger partial charge in [0.25, 0.3) is 0 Å². The molecule has 1 fully saturated rings. The highest BCUT2D eigenvalue weighted by molar-refractivity contribution is 5.94. The Hall–Kier alpha value is -3.55. The Kier molecular flexibility index (Phi) is 5.90. The molecule has 7 heteroatoms. The van der Waals surface area contributed by atoms with E-state index >= 15 is 0 Å². The average molecular weight is 443 g/mol. The highest BCUT2D eigenvalue weighted by Crippen LogP contribution is 2.26. The topological polar surface area (TPSA) is 88.8 Å². The van der Waals surface area contributed by atoms with E-state index in [1.165, 1.54) is 11.1 Å². The van der Waals surface area contributed by atoms with Crippen molar-refractivity contribution < 1.29 is 14.3 Å². The molecule has 0 bridgehead atoms. The van der Waals surface area contributed by atoms with E-state index in [1.54, 1.807) is 24.4 Å². The first kappa shape index (κ1) is 21.3. The lowest BCUT2D eigenvalue weighted by Gasteiger charge is -2.33. The second kappa shape index (κ2) is 9.13. The van der Waals surface area contributed by atoms with Crippen molar-refractivity contribution >= 4 is 11.8 Å². The molecule has 1 atom stereocenters. The van der Waals surface area contributed by atoms with Gasteiger partial charge < -0.3 is 15.4 Å². The lowest BCUT2D eigenvalue weighted by molar-refractivity contribution is -0.140. The standard InChI is InChI=1S/C26H26N4O3/c27-26(32)19-7-3-6-18(12-19)20-8-9-23(28-13-20)24-16-30(10-11-33-24)25(31)17-29-14-21-4-1-2-5-22(21)15-29/h1-9,12-13,24H,10-11,14-17H2,(H2,27,32). The van der Waals surface area contributed by atoms with Crippen molar-refractivity contribution in [1.29, 1.82) is 0 Å². The summed E-state index contributed by atoms with van der Waals surface area (Å²) in [5.41, 5.74) is 11.0. The summed E-state index contributed by atoms with van der Waals surface area (Å²) in [7, 11) is 0. The number of ether oxygens (including phenoxy) is 1. The minimum absolute atomic E-state index is 0.121. The van der Waals surface area contributed by atoms with Crippen LogP contribution in [-0.2, 0) is 22.6 Å². The number of nitrogens with two attached hydrogens (primary N) is 1. The van der Waals surface area contributed by atoms with Gasteiger partial charge in [-0.3, -0.25) is 19.5 Å². The smallest absolute Gasteiger partial charge is 0.248 e. The van der Waals surface area contributed by atoms with Gasteiger partial charge in [0.05, 0.1) is 25.4 Å². The molecular weight excluding hydrogens is 416 g/mol. The van der Waals surface area contributed by atoms with Gasteiger partial charge in [-0.15, -0.1) is 0 Å². The van der Waals surface area contributed by atoms with Crippen molar-refractivity contribution in [2.75, 3.05) is 26.2 Å². The maximum Gasteiger partial charge on any atom is 0.248 e. The number of aromatic nitrogens is 1. The van der Waals surface area contributed by atoms with Crippen LogP contribution in [0.4, 0.5) is 0 Å². The molecule has 2 N–H and O–H groups in total. The monoisotopic (exact) mass is 442 g/mol. The van der Waals surface area contributed by atoms with Crippen LogP contribution in [0.5, 0.6) is 0 Å². The first-order valence-corrected chi connectivity index (χ1v) is 11.1. The Bertz CT molecular complexity index is 1150. The summed E-state index contributed by atoms with van der Waals surface area (Å²) in [4.78, 5) is 33.1. The Morgan fingerprint density at radius 2 is 1.79 bits per heavy atom. The minimum atomic E-state index is -0.459. The second-order valence-corrected chi connectivity index (χ2v) is 8.53. The number of primary amides is 1. The molecule has 2 aliphatic rings. The number of carbonyl (C=O) groups is 2. The zero-order valence-corrected chi connectivity index (χ0v) is 18.3. The van der Waals surface area contributed by atoms with Crippen LogP contribution >= 0.6 is 0 Å². The summed E-state index contributed by atoms with van der Waals surface area (Å²) < 4.78 is 5.93. The van der Waals surface area contributed by atoms with E-state index in [1.807, 2.05) is 35.2 Å². The van der Waals surface area contributed by atoms with Crippen LogP contribution in [0.25, 0.3) is 11.1 Å². The van der Waals surface area contributed by atoms with E-state index in [-0.39, 0.29) is 12.0 Å². The van der Waals surface area contributed by atoms with Gasteiger partial charge in [0.15, 0.2) is 0 Å². The predicted molar refractivity (Wildman–Crippen MR) is 124 cm³/mol. The van der Waals surface area contributed by atoms with Crippen molar-refractivity contribution in [2.45, 2.75) is 19.2 Å². The van der Waals surface area contributed by atoms with Gasteiger partial charge in [-0.05, 0) is 34.9 Å². The Morgan fingerprint density at radius 1 is 1.00 bits per heavy atom. The molecule has 3 aromatic rings. The fourth-order valence-corrected chi connectivity index (χ4v) is 4.48. The number of benzene rings is 2. The van der Waals surface area contributed by atoms with Gasteiger partial charge in [-0.1, -0.05) is 42.5 Å². The molecule has 7 nitrogen and oxygen atoms in total. The van der Waals surface area contributed by atoms with Crippen LogP contribution in [-0.4, -0.2) is 52.8 Å². The maximum absolute atomic E-state index is 13.0. The summed E-state index contributed by atoms with van der Waals surface area (Å²) in [6.45, 7) is 3.60. The molecule has 0 spiro atoms. The fraction of sp³-hybridized carbons (Fsp3) is 0.269. The third-order valence-electron chi connectivity index (χ3n) is 6.28.